The van der Waals surface area contributed by atoms with E-state index in [-0.39, 0.29) is 19.0 Å². The van der Waals surface area contributed by atoms with Crippen LogP contribution in [0.15, 0.2) is 76.2 Å². The molecule has 5 rings (SSSR count). The van der Waals surface area contributed by atoms with Crippen molar-refractivity contribution in [2.24, 2.45) is 4.36 Å². The van der Waals surface area contributed by atoms with E-state index >= 15 is 0 Å². The van der Waals surface area contributed by atoms with E-state index in [9.17, 15) is 13.7 Å². The maximum absolute atomic E-state index is 14.0. The molecule has 1 aromatic heterocycles. The molecule has 186 valence electrons. The van der Waals surface area contributed by atoms with E-state index < -0.39 is 27.8 Å². The lowest BCUT2D eigenvalue weighted by Crippen LogP contribution is -2.30. The van der Waals surface area contributed by atoms with Crippen LogP contribution in [0.25, 0.3) is 10.9 Å². The largest absolute Gasteiger partial charge is 0.483 e. The SMILES string of the molecule is Cc1cc(N=S(C)(=O)c2ccccc2)cc2ncnc(Nc3ccc(F)cc3O[C@@H]3COC[C@@H]3O)c12. The maximum Gasteiger partial charge on any atom is 0.150 e. The second kappa shape index (κ2) is 9.81. The molecule has 1 fully saturated rings. The molecule has 1 unspecified atom stereocenters. The molecule has 1 aliphatic heterocycles. The van der Waals surface area contributed by atoms with Crippen LogP contribution >= 0.6 is 0 Å². The Bertz CT molecular complexity index is 1540. The highest BCUT2D eigenvalue weighted by molar-refractivity contribution is 7.93. The van der Waals surface area contributed by atoms with Gasteiger partial charge >= 0.3 is 0 Å². The standard InChI is InChI=1S/C26H25FN4O4S/c1-16-10-18(31-36(2,33)19-6-4-3-5-7-19)12-21-25(16)26(29-15-28-21)30-20-9-8-17(27)11-23(20)35-24-14-34-13-22(24)32/h3-12,15,22,24,32H,13-14H2,1-2H3,(H,28,29,30)/t22-,24+,36?/m0/s1. The molecule has 36 heavy (non-hydrogen) atoms. The summed E-state index contributed by atoms with van der Waals surface area (Å²) in [6.45, 7) is 2.27. The van der Waals surface area contributed by atoms with Gasteiger partial charge < -0.3 is 19.9 Å². The number of ether oxygens (including phenoxy) is 2. The van der Waals surface area contributed by atoms with E-state index in [0.29, 0.717) is 27.6 Å². The van der Waals surface area contributed by atoms with Crippen molar-refractivity contribution in [2.45, 2.75) is 24.0 Å². The molecule has 0 aliphatic carbocycles. The number of benzene rings is 3. The number of aliphatic hydroxyl groups is 1. The summed E-state index contributed by atoms with van der Waals surface area (Å²) in [5, 5.41) is 14.0. The number of aromatic nitrogens is 2. The van der Waals surface area contributed by atoms with Crippen LogP contribution in [0.5, 0.6) is 5.75 Å². The lowest BCUT2D eigenvalue weighted by molar-refractivity contribution is 0.0736. The molecular formula is C26H25FN4O4S. The molecule has 3 atom stereocenters. The summed E-state index contributed by atoms with van der Waals surface area (Å²) in [6, 6.07) is 16.8. The molecule has 2 heterocycles. The fourth-order valence-corrected chi connectivity index (χ4v) is 5.35. The van der Waals surface area contributed by atoms with E-state index in [2.05, 4.69) is 19.6 Å². The lowest BCUT2D eigenvalue weighted by Gasteiger charge is -2.19. The molecule has 10 heteroatoms. The zero-order chi connectivity index (χ0) is 25.3. The maximum atomic E-state index is 14.0. The van der Waals surface area contributed by atoms with Gasteiger partial charge in [0.2, 0.25) is 0 Å². The first-order valence-corrected chi connectivity index (χ1v) is 13.2. The van der Waals surface area contributed by atoms with Crippen LogP contribution in [0.4, 0.5) is 21.6 Å². The number of rotatable bonds is 6. The van der Waals surface area contributed by atoms with Crippen molar-refractivity contribution in [3.05, 3.63) is 78.4 Å². The molecule has 1 saturated heterocycles. The van der Waals surface area contributed by atoms with Gasteiger partial charge in [-0.3, -0.25) is 0 Å². The van der Waals surface area contributed by atoms with Crippen LogP contribution in [0, 0.1) is 12.7 Å². The Morgan fingerprint density at radius 1 is 1.14 bits per heavy atom. The average Bonchev–Trinajstić information content (AvgIpc) is 3.25. The van der Waals surface area contributed by atoms with Gasteiger partial charge in [-0.05, 0) is 48.9 Å². The van der Waals surface area contributed by atoms with E-state index in [1.165, 1.54) is 18.5 Å². The molecule has 0 bridgehead atoms. The van der Waals surface area contributed by atoms with Crippen molar-refractivity contribution in [3.8, 4) is 5.75 Å². The third-order valence-corrected chi connectivity index (χ3v) is 7.56. The number of fused-ring (bicyclic) bond motifs is 1. The van der Waals surface area contributed by atoms with Crippen molar-refractivity contribution in [1.29, 1.82) is 0 Å². The highest BCUT2D eigenvalue weighted by Gasteiger charge is 2.29. The highest BCUT2D eigenvalue weighted by Crippen LogP contribution is 2.35. The number of hydrogen-bond donors (Lipinski definition) is 2. The summed E-state index contributed by atoms with van der Waals surface area (Å²) >= 11 is 0. The molecular weight excluding hydrogens is 483 g/mol. The number of anilines is 2. The molecule has 0 radical (unpaired) electrons. The summed E-state index contributed by atoms with van der Waals surface area (Å²) in [7, 11) is -2.65. The van der Waals surface area contributed by atoms with Gasteiger partial charge in [-0.2, -0.15) is 4.36 Å². The third kappa shape index (κ3) is 5.01. The molecule has 0 spiro atoms. The van der Waals surface area contributed by atoms with E-state index in [1.807, 2.05) is 31.2 Å². The fraction of sp³-hybridized carbons (Fsp3) is 0.231. The Kier molecular flexibility index (Phi) is 6.57. The van der Waals surface area contributed by atoms with Crippen LogP contribution in [0.2, 0.25) is 0 Å². The summed E-state index contributed by atoms with van der Waals surface area (Å²) in [6.07, 6.45) is 1.62. The molecule has 4 aromatic rings. The molecule has 8 nitrogen and oxygen atoms in total. The molecule has 2 N–H and O–H groups in total. The number of aryl methyl sites for hydroxylation is 1. The van der Waals surface area contributed by atoms with Crippen molar-refractivity contribution >= 4 is 37.8 Å². The van der Waals surface area contributed by atoms with Gasteiger partial charge in [0.1, 0.15) is 29.8 Å². The predicted octanol–water partition coefficient (Wildman–Crippen LogP) is 4.75. The van der Waals surface area contributed by atoms with Gasteiger partial charge in [0.15, 0.2) is 6.10 Å². The van der Waals surface area contributed by atoms with Gasteiger partial charge in [0.25, 0.3) is 0 Å². The van der Waals surface area contributed by atoms with E-state index in [4.69, 9.17) is 9.47 Å². The van der Waals surface area contributed by atoms with Crippen LogP contribution in [0.3, 0.4) is 0 Å². The quantitative estimate of drug-likeness (QED) is 0.387. The Hall–Kier alpha value is -3.60. The number of aliphatic hydroxyl groups excluding tert-OH is 1. The number of halogens is 1. The van der Waals surface area contributed by atoms with E-state index in [1.54, 1.807) is 30.5 Å². The minimum Gasteiger partial charge on any atom is -0.483 e. The molecule has 0 saturated carbocycles. The summed E-state index contributed by atoms with van der Waals surface area (Å²) < 4.78 is 42.9. The molecule has 0 amide bonds. The predicted molar refractivity (Wildman–Crippen MR) is 136 cm³/mol. The van der Waals surface area contributed by atoms with Gasteiger partial charge in [0.05, 0.1) is 39.8 Å². The minimum atomic E-state index is -2.65. The number of nitrogens with one attached hydrogen (secondary N) is 1. The Morgan fingerprint density at radius 3 is 2.69 bits per heavy atom. The number of hydrogen-bond acceptors (Lipinski definition) is 8. The second-order valence-corrected chi connectivity index (χ2v) is 10.9. The van der Waals surface area contributed by atoms with E-state index in [0.717, 1.165) is 10.9 Å². The summed E-state index contributed by atoms with van der Waals surface area (Å²) in [4.78, 5) is 9.43. The molecule has 3 aromatic carbocycles. The third-order valence-electron chi connectivity index (χ3n) is 5.86. The first-order chi connectivity index (χ1) is 17.3. The van der Waals surface area contributed by atoms with Crippen LogP contribution < -0.4 is 10.1 Å². The van der Waals surface area contributed by atoms with Crippen LogP contribution in [0.1, 0.15) is 5.56 Å². The summed E-state index contributed by atoms with van der Waals surface area (Å²) in [5.41, 5.74) is 2.45. The van der Waals surface area contributed by atoms with Crippen molar-refractivity contribution in [2.75, 3.05) is 24.8 Å². The average molecular weight is 509 g/mol. The highest BCUT2D eigenvalue weighted by atomic mass is 32.2. The minimum absolute atomic E-state index is 0.167. The fourth-order valence-electron chi connectivity index (χ4n) is 4.07. The van der Waals surface area contributed by atoms with Crippen LogP contribution in [-0.4, -0.2) is 51.0 Å². The monoisotopic (exact) mass is 508 g/mol. The zero-order valence-electron chi connectivity index (χ0n) is 19.7. The summed E-state index contributed by atoms with van der Waals surface area (Å²) in [5.74, 6) is 0.249. The van der Waals surface area contributed by atoms with Crippen molar-refractivity contribution in [3.63, 3.8) is 0 Å². The Balaban J connectivity index is 1.51. The second-order valence-electron chi connectivity index (χ2n) is 8.61. The van der Waals surface area contributed by atoms with Crippen LogP contribution in [-0.2, 0) is 14.5 Å². The van der Waals surface area contributed by atoms with Gasteiger partial charge in [-0.15, -0.1) is 0 Å². The normalized spacial score (nSPS) is 19.1. The van der Waals surface area contributed by atoms with Crippen molar-refractivity contribution in [1.82, 2.24) is 9.97 Å². The van der Waals surface area contributed by atoms with Gasteiger partial charge in [-0.1, -0.05) is 18.2 Å². The molecule has 1 aliphatic rings. The first kappa shape index (κ1) is 24.1. The lowest BCUT2D eigenvalue weighted by atomic mass is 10.1. The van der Waals surface area contributed by atoms with Gasteiger partial charge in [0, 0.05) is 22.6 Å². The first-order valence-electron chi connectivity index (χ1n) is 11.3. The van der Waals surface area contributed by atoms with Gasteiger partial charge in [-0.25, -0.2) is 18.6 Å². The Labute approximate surface area is 208 Å². The smallest absolute Gasteiger partial charge is 0.150 e. The Morgan fingerprint density at radius 2 is 1.94 bits per heavy atom. The number of nitrogens with zero attached hydrogens (tertiary/aromatic N) is 3. The topological polar surface area (TPSA) is 106 Å². The van der Waals surface area contributed by atoms with Crippen molar-refractivity contribution < 1.29 is 23.2 Å². The zero-order valence-corrected chi connectivity index (χ0v) is 20.5.